The third kappa shape index (κ3) is 5.89. The number of para-hydroxylation sites is 1. The second-order valence-electron chi connectivity index (χ2n) is 7.53. The minimum absolute atomic E-state index is 0.101. The first-order valence-electron chi connectivity index (χ1n) is 11.0. The molecule has 0 saturated heterocycles. The largest absolute Gasteiger partial charge is 0.492 e. The standard InChI is InChI=1S/C25H26N6O3/c1-17(32)26-12-13-27-23-20-16-21(25(33)28-14-15-34-19-10-6-3-7-11-19)29-24(20)31-22(30-23)18-8-4-2-5-9-18/h2-11,16H,12-15H2,1H3,(H,26,32)(H,28,33)(H2,27,29,30,31). The van der Waals surface area contributed by atoms with Crippen molar-refractivity contribution < 1.29 is 14.3 Å². The van der Waals surface area contributed by atoms with E-state index in [0.29, 0.717) is 54.6 Å². The number of ether oxygens (including phenoxy) is 1. The highest BCUT2D eigenvalue weighted by molar-refractivity contribution is 6.00. The molecule has 4 aromatic rings. The summed E-state index contributed by atoms with van der Waals surface area (Å²) in [6.45, 7) is 3.10. The highest BCUT2D eigenvalue weighted by Gasteiger charge is 2.16. The fraction of sp³-hybridized carbons (Fsp3) is 0.200. The van der Waals surface area contributed by atoms with Crippen LogP contribution in [0, 0.1) is 0 Å². The molecule has 0 aliphatic carbocycles. The lowest BCUT2D eigenvalue weighted by Crippen LogP contribution is -2.28. The molecule has 0 radical (unpaired) electrons. The summed E-state index contributed by atoms with van der Waals surface area (Å²) in [4.78, 5) is 36.2. The van der Waals surface area contributed by atoms with Crippen LogP contribution in [0.4, 0.5) is 5.82 Å². The van der Waals surface area contributed by atoms with Gasteiger partial charge in [-0.3, -0.25) is 9.59 Å². The molecule has 0 fully saturated rings. The Morgan fingerprint density at radius 1 is 0.912 bits per heavy atom. The first-order valence-corrected chi connectivity index (χ1v) is 11.0. The number of anilines is 1. The molecule has 34 heavy (non-hydrogen) atoms. The van der Waals surface area contributed by atoms with Crippen LogP contribution < -0.4 is 20.7 Å². The number of fused-ring (bicyclic) bond motifs is 1. The fourth-order valence-corrected chi connectivity index (χ4v) is 3.35. The summed E-state index contributed by atoms with van der Waals surface area (Å²) in [7, 11) is 0. The number of hydrogen-bond donors (Lipinski definition) is 4. The predicted molar refractivity (Wildman–Crippen MR) is 131 cm³/mol. The Morgan fingerprint density at radius 2 is 1.65 bits per heavy atom. The Morgan fingerprint density at radius 3 is 2.38 bits per heavy atom. The lowest BCUT2D eigenvalue weighted by molar-refractivity contribution is -0.118. The monoisotopic (exact) mass is 458 g/mol. The number of hydrogen-bond acceptors (Lipinski definition) is 6. The van der Waals surface area contributed by atoms with Crippen molar-refractivity contribution in [2.24, 2.45) is 0 Å². The number of aromatic nitrogens is 3. The lowest BCUT2D eigenvalue weighted by atomic mass is 10.2. The van der Waals surface area contributed by atoms with Crippen LogP contribution in [-0.2, 0) is 4.79 Å². The lowest BCUT2D eigenvalue weighted by Gasteiger charge is -2.09. The van der Waals surface area contributed by atoms with E-state index < -0.39 is 0 Å². The summed E-state index contributed by atoms with van der Waals surface area (Å²) in [5.41, 5.74) is 1.77. The molecule has 9 nitrogen and oxygen atoms in total. The van der Waals surface area contributed by atoms with Gasteiger partial charge in [-0.2, -0.15) is 0 Å². The number of rotatable bonds is 10. The molecule has 0 aliphatic rings. The van der Waals surface area contributed by atoms with Crippen LogP contribution in [0.5, 0.6) is 5.75 Å². The van der Waals surface area contributed by atoms with Gasteiger partial charge < -0.3 is 25.7 Å². The van der Waals surface area contributed by atoms with Crippen molar-refractivity contribution in [3.63, 3.8) is 0 Å². The molecule has 4 N–H and O–H groups in total. The van der Waals surface area contributed by atoms with E-state index in [1.165, 1.54) is 6.92 Å². The Labute approximate surface area is 197 Å². The highest BCUT2D eigenvalue weighted by Crippen LogP contribution is 2.25. The molecule has 0 saturated carbocycles. The molecular formula is C25H26N6O3. The van der Waals surface area contributed by atoms with Gasteiger partial charge in [-0.25, -0.2) is 9.97 Å². The molecule has 9 heteroatoms. The van der Waals surface area contributed by atoms with Gasteiger partial charge in [0.15, 0.2) is 5.82 Å². The van der Waals surface area contributed by atoms with E-state index in [9.17, 15) is 9.59 Å². The zero-order valence-corrected chi connectivity index (χ0v) is 18.8. The van der Waals surface area contributed by atoms with Crippen molar-refractivity contribution in [1.82, 2.24) is 25.6 Å². The molecule has 174 valence electrons. The number of H-pyrrole nitrogens is 1. The molecule has 0 unspecified atom stereocenters. The SMILES string of the molecule is CC(=O)NCCNc1nc(-c2ccccc2)nc2[nH]c(C(=O)NCCOc3ccccc3)cc12. The summed E-state index contributed by atoms with van der Waals surface area (Å²) < 4.78 is 5.62. The molecule has 2 heterocycles. The van der Waals surface area contributed by atoms with Crippen LogP contribution in [0.25, 0.3) is 22.4 Å². The molecule has 0 aliphatic heterocycles. The molecule has 2 aromatic heterocycles. The number of benzene rings is 2. The molecule has 0 bridgehead atoms. The van der Waals surface area contributed by atoms with E-state index in [1.54, 1.807) is 6.07 Å². The topological polar surface area (TPSA) is 121 Å². The minimum atomic E-state index is -0.264. The normalized spacial score (nSPS) is 10.6. The Bertz CT molecular complexity index is 1260. The summed E-state index contributed by atoms with van der Waals surface area (Å²) in [5, 5.41) is 9.52. The second-order valence-corrected chi connectivity index (χ2v) is 7.53. The first-order chi connectivity index (χ1) is 16.6. The van der Waals surface area contributed by atoms with E-state index in [1.807, 2.05) is 60.7 Å². The number of amides is 2. The zero-order valence-electron chi connectivity index (χ0n) is 18.8. The van der Waals surface area contributed by atoms with Crippen LogP contribution in [0.15, 0.2) is 66.7 Å². The van der Waals surface area contributed by atoms with Crippen molar-refractivity contribution in [2.75, 3.05) is 31.6 Å². The predicted octanol–water partition coefficient (Wildman–Crippen LogP) is 2.98. The minimum Gasteiger partial charge on any atom is -0.492 e. The Balaban J connectivity index is 1.49. The fourth-order valence-electron chi connectivity index (χ4n) is 3.35. The molecule has 0 spiro atoms. The van der Waals surface area contributed by atoms with Gasteiger partial charge in [0.05, 0.1) is 11.9 Å². The van der Waals surface area contributed by atoms with Gasteiger partial charge in [-0.15, -0.1) is 0 Å². The van der Waals surface area contributed by atoms with Gasteiger partial charge >= 0.3 is 0 Å². The molecule has 2 amide bonds. The number of carbonyl (C=O) groups excluding carboxylic acids is 2. The smallest absolute Gasteiger partial charge is 0.267 e. The van der Waals surface area contributed by atoms with Gasteiger partial charge in [0.2, 0.25) is 5.91 Å². The molecule has 0 atom stereocenters. The summed E-state index contributed by atoms with van der Waals surface area (Å²) in [5.74, 6) is 1.50. The van der Waals surface area contributed by atoms with E-state index in [2.05, 4.69) is 30.9 Å². The molecule has 2 aromatic carbocycles. The van der Waals surface area contributed by atoms with E-state index >= 15 is 0 Å². The second kappa shape index (κ2) is 11.0. The van der Waals surface area contributed by atoms with Gasteiger partial charge in [-0.1, -0.05) is 48.5 Å². The third-order valence-electron chi connectivity index (χ3n) is 4.95. The Hall–Kier alpha value is -4.40. The zero-order chi connectivity index (χ0) is 23.8. The van der Waals surface area contributed by atoms with Crippen LogP contribution in [-0.4, -0.2) is 53.0 Å². The van der Waals surface area contributed by atoms with Gasteiger partial charge in [0.1, 0.15) is 29.5 Å². The van der Waals surface area contributed by atoms with Crippen LogP contribution in [0.1, 0.15) is 17.4 Å². The van der Waals surface area contributed by atoms with Crippen LogP contribution in [0.2, 0.25) is 0 Å². The van der Waals surface area contributed by atoms with Crippen molar-refractivity contribution >= 4 is 28.7 Å². The van der Waals surface area contributed by atoms with Crippen molar-refractivity contribution in [3.05, 3.63) is 72.4 Å². The van der Waals surface area contributed by atoms with Crippen LogP contribution >= 0.6 is 0 Å². The molecular weight excluding hydrogens is 432 g/mol. The van der Waals surface area contributed by atoms with Crippen molar-refractivity contribution in [2.45, 2.75) is 6.92 Å². The Kier molecular flexibility index (Phi) is 7.34. The van der Waals surface area contributed by atoms with E-state index in [0.717, 1.165) is 11.3 Å². The van der Waals surface area contributed by atoms with E-state index in [4.69, 9.17) is 4.74 Å². The average Bonchev–Trinajstić information content (AvgIpc) is 3.30. The van der Waals surface area contributed by atoms with Gasteiger partial charge in [0, 0.05) is 25.6 Å². The first kappa shape index (κ1) is 22.8. The third-order valence-corrected chi connectivity index (χ3v) is 4.95. The van der Waals surface area contributed by atoms with Gasteiger partial charge in [0.25, 0.3) is 5.91 Å². The summed E-state index contributed by atoms with van der Waals surface area (Å²) in [6, 6.07) is 20.7. The van der Waals surface area contributed by atoms with E-state index in [-0.39, 0.29) is 11.8 Å². The summed E-state index contributed by atoms with van der Waals surface area (Å²) in [6.07, 6.45) is 0. The average molecular weight is 459 g/mol. The maximum absolute atomic E-state index is 12.7. The summed E-state index contributed by atoms with van der Waals surface area (Å²) >= 11 is 0. The van der Waals surface area contributed by atoms with Crippen LogP contribution in [0.3, 0.4) is 0 Å². The van der Waals surface area contributed by atoms with Crippen molar-refractivity contribution in [3.8, 4) is 17.1 Å². The maximum Gasteiger partial charge on any atom is 0.267 e. The van der Waals surface area contributed by atoms with Gasteiger partial charge in [-0.05, 0) is 18.2 Å². The number of nitrogens with one attached hydrogen (secondary N) is 4. The molecule has 4 rings (SSSR count). The number of carbonyl (C=O) groups is 2. The number of nitrogens with zero attached hydrogens (tertiary/aromatic N) is 2. The number of aromatic amines is 1. The highest BCUT2D eigenvalue weighted by atomic mass is 16.5. The quantitative estimate of drug-likeness (QED) is 0.271. The maximum atomic E-state index is 12.7. The van der Waals surface area contributed by atoms with Crippen molar-refractivity contribution in [1.29, 1.82) is 0 Å².